The SMILES string of the molecule is CCCN(C)CCCN(CCCNC(C)CC)CCC[SiH2]OC(C)C. The molecule has 0 aromatic rings. The van der Waals surface area contributed by atoms with Crippen LogP contribution in [0.2, 0.25) is 6.04 Å². The predicted molar refractivity (Wildman–Crippen MR) is 115 cm³/mol. The van der Waals surface area contributed by atoms with Crippen LogP contribution in [0.25, 0.3) is 0 Å². The summed E-state index contributed by atoms with van der Waals surface area (Å²) in [5.74, 6) is 0. The fraction of sp³-hybridized carbons (Fsp3) is 1.00. The maximum absolute atomic E-state index is 5.80. The van der Waals surface area contributed by atoms with Crippen LogP contribution in [0.3, 0.4) is 0 Å². The summed E-state index contributed by atoms with van der Waals surface area (Å²) in [5, 5.41) is 3.62. The van der Waals surface area contributed by atoms with Gasteiger partial charge in [-0.05, 0) is 105 Å². The minimum Gasteiger partial charge on any atom is -0.422 e. The number of hydrogen-bond donors (Lipinski definition) is 1. The van der Waals surface area contributed by atoms with Crippen LogP contribution in [0.1, 0.15) is 66.7 Å². The van der Waals surface area contributed by atoms with E-state index < -0.39 is 0 Å². The normalized spacial score (nSPS) is 13.8. The van der Waals surface area contributed by atoms with Crippen molar-refractivity contribution in [2.45, 2.75) is 84.9 Å². The van der Waals surface area contributed by atoms with Gasteiger partial charge in [0, 0.05) is 12.1 Å². The van der Waals surface area contributed by atoms with Crippen LogP contribution in [0.15, 0.2) is 0 Å². The summed E-state index contributed by atoms with van der Waals surface area (Å²) in [6.45, 7) is 18.4. The molecule has 1 N–H and O–H groups in total. The Morgan fingerprint density at radius 3 is 2.24 bits per heavy atom. The van der Waals surface area contributed by atoms with Gasteiger partial charge in [-0.1, -0.05) is 13.8 Å². The first-order valence-electron chi connectivity index (χ1n) is 10.7. The van der Waals surface area contributed by atoms with E-state index in [9.17, 15) is 0 Å². The second-order valence-corrected chi connectivity index (χ2v) is 9.19. The van der Waals surface area contributed by atoms with Gasteiger partial charge in [0.05, 0.1) is 0 Å². The molecule has 0 aromatic heterocycles. The number of nitrogens with one attached hydrogen (secondary N) is 1. The van der Waals surface area contributed by atoms with E-state index >= 15 is 0 Å². The number of nitrogens with zero attached hydrogens (tertiary/aromatic N) is 2. The van der Waals surface area contributed by atoms with Crippen LogP contribution >= 0.6 is 0 Å². The van der Waals surface area contributed by atoms with Gasteiger partial charge in [0.25, 0.3) is 0 Å². The largest absolute Gasteiger partial charge is 0.422 e. The fourth-order valence-electron chi connectivity index (χ4n) is 2.95. The Morgan fingerprint density at radius 2 is 1.60 bits per heavy atom. The number of hydrogen-bond acceptors (Lipinski definition) is 4. The van der Waals surface area contributed by atoms with E-state index in [0.717, 1.165) is 6.54 Å². The average molecular weight is 374 g/mol. The van der Waals surface area contributed by atoms with Crippen molar-refractivity contribution in [3.8, 4) is 0 Å². The monoisotopic (exact) mass is 373 g/mol. The molecule has 0 spiro atoms. The van der Waals surface area contributed by atoms with Crippen LogP contribution in [-0.2, 0) is 4.43 Å². The molecule has 1 unspecified atom stereocenters. The van der Waals surface area contributed by atoms with Gasteiger partial charge >= 0.3 is 0 Å². The summed E-state index contributed by atoms with van der Waals surface area (Å²) < 4.78 is 5.80. The van der Waals surface area contributed by atoms with E-state index in [1.54, 1.807) is 0 Å². The smallest absolute Gasteiger partial charge is 0.161 e. The first kappa shape index (κ1) is 25.1. The van der Waals surface area contributed by atoms with Crippen LogP contribution in [0.4, 0.5) is 0 Å². The summed E-state index contributed by atoms with van der Waals surface area (Å²) in [6.07, 6.45) is 6.74. The Hall–Kier alpha value is 0.0569. The standard InChI is InChI=1S/C20H47N3OSi/c1-7-13-22(6)14-10-16-23(15-9-12-21-20(5)8-2)17-11-18-25-24-19(3)4/h19-21H,7-18,25H2,1-6H3. The van der Waals surface area contributed by atoms with E-state index in [2.05, 4.69) is 56.8 Å². The molecule has 0 bridgehead atoms. The van der Waals surface area contributed by atoms with E-state index in [1.165, 1.54) is 70.9 Å². The van der Waals surface area contributed by atoms with Gasteiger partial charge in [0.15, 0.2) is 9.76 Å². The molecular weight excluding hydrogens is 326 g/mol. The molecule has 0 amide bonds. The molecule has 4 nitrogen and oxygen atoms in total. The summed E-state index contributed by atoms with van der Waals surface area (Å²) in [6, 6.07) is 1.96. The molecule has 152 valence electrons. The zero-order valence-electron chi connectivity index (χ0n) is 18.1. The van der Waals surface area contributed by atoms with Gasteiger partial charge in [0.2, 0.25) is 0 Å². The zero-order chi connectivity index (χ0) is 18.9. The van der Waals surface area contributed by atoms with E-state index in [4.69, 9.17) is 4.43 Å². The topological polar surface area (TPSA) is 27.7 Å². The first-order valence-corrected chi connectivity index (χ1v) is 12.3. The Kier molecular flexibility index (Phi) is 17.5. The molecule has 0 saturated heterocycles. The summed E-state index contributed by atoms with van der Waals surface area (Å²) in [4.78, 5) is 5.15. The van der Waals surface area contributed by atoms with Gasteiger partial charge < -0.3 is 19.5 Å². The Morgan fingerprint density at radius 1 is 0.920 bits per heavy atom. The molecule has 25 heavy (non-hydrogen) atoms. The lowest BCUT2D eigenvalue weighted by molar-refractivity contribution is 0.236. The highest BCUT2D eigenvalue weighted by Crippen LogP contribution is 2.02. The molecule has 0 aliphatic carbocycles. The third-order valence-corrected chi connectivity index (χ3v) is 6.39. The van der Waals surface area contributed by atoms with Crippen LogP contribution < -0.4 is 5.32 Å². The van der Waals surface area contributed by atoms with E-state index in [0.29, 0.717) is 12.1 Å². The third kappa shape index (κ3) is 17.2. The maximum Gasteiger partial charge on any atom is 0.161 e. The Balaban J connectivity index is 3.99. The Bertz CT molecular complexity index is 280. The molecule has 0 radical (unpaired) electrons. The van der Waals surface area contributed by atoms with Crippen molar-refractivity contribution >= 4 is 9.76 Å². The number of rotatable bonds is 18. The Labute approximate surface area is 161 Å². The minimum atomic E-state index is -0.303. The highest BCUT2D eigenvalue weighted by atomic mass is 28.2. The summed E-state index contributed by atoms with van der Waals surface area (Å²) in [7, 11) is 1.95. The zero-order valence-corrected chi connectivity index (χ0v) is 19.6. The maximum atomic E-state index is 5.80. The second kappa shape index (κ2) is 17.5. The van der Waals surface area contributed by atoms with Gasteiger partial charge in [-0.3, -0.25) is 0 Å². The molecule has 0 heterocycles. The predicted octanol–water partition coefficient (Wildman–Crippen LogP) is 3.12. The quantitative estimate of drug-likeness (QED) is 0.295. The third-order valence-electron chi connectivity index (χ3n) is 4.70. The molecule has 0 saturated carbocycles. The first-order chi connectivity index (χ1) is 12.0. The van der Waals surface area contributed by atoms with E-state index in [-0.39, 0.29) is 9.76 Å². The molecule has 0 aliphatic heterocycles. The minimum absolute atomic E-state index is 0.303. The van der Waals surface area contributed by atoms with Crippen LogP contribution in [0, 0.1) is 0 Å². The van der Waals surface area contributed by atoms with Crippen molar-refractivity contribution in [1.29, 1.82) is 0 Å². The van der Waals surface area contributed by atoms with Crippen LogP contribution in [-0.4, -0.2) is 78.0 Å². The fourth-order valence-corrected chi connectivity index (χ4v) is 4.01. The molecule has 0 aromatic carbocycles. The van der Waals surface area contributed by atoms with Crippen molar-refractivity contribution in [1.82, 2.24) is 15.1 Å². The van der Waals surface area contributed by atoms with Gasteiger partial charge in [-0.15, -0.1) is 0 Å². The second-order valence-electron chi connectivity index (χ2n) is 7.74. The average Bonchev–Trinajstić information content (AvgIpc) is 2.57. The summed E-state index contributed by atoms with van der Waals surface area (Å²) >= 11 is 0. The van der Waals surface area contributed by atoms with E-state index in [1.807, 2.05) is 0 Å². The molecule has 0 aliphatic rings. The van der Waals surface area contributed by atoms with Crippen molar-refractivity contribution in [3.05, 3.63) is 0 Å². The molecule has 0 rings (SSSR count). The van der Waals surface area contributed by atoms with Crippen molar-refractivity contribution in [2.75, 3.05) is 46.3 Å². The molecule has 5 heteroatoms. The van der Waals surface area contributed by atoms with Crippen molar-refractivity contribution < 1.29 is 4.43 Å². The van der Waals surface area contributed by atoms with Crippen molar-refractivity contribution in [2.24, 2.45) is 0 Å². The highest BCUT2D eigenvalue weighted by Gasteiger charge is 2.07. The molecular formula is C20H47N3OSi. The molecule has 0 fully saturated rings. The summed E-state index contributed by atoms with van der Waals surface area (Å²) in [5.41, 5.74) is 0. The van der Waals surface area contributed by atoms with Crippen molar-refractivity contribution in [3.63, 3.8) is 0 Å². The van der Waals surface area contributed by atoms with Crippen LogP contribution in [0.5, 0.6) is 0 Å². The highest BCUT2D eigenvalue weighted by molar-refractivity contribution is 6.27. The van der Waals surface area contributed by atoms with Gasteiger partial charge in [-0.2, -0.15) is 0 Å². The van der Waals surface area contributed by atoms with Gasteiger partial charge in [0.1, 0.15) is 0 Å². The lowest BCUT2D eigenvalue weighted by Crippen LogP contribution is -2.33. The lowest BCUT2D eigenvalue weighted by Gasteiger charge is -2.24. The lowest BCUT2D eigenvalue weighted by atomic mass is 10.2. The molecule has 1 atom stereocenters. The van der Waals surface area contributed by atoms with Gasteiger partial charge in [-0.25, -0.2) is 0 Å².